The number of nitrogens with one attached hydrogen (secondary N) is 8. The van der Waals surface area contributed by atoms with E-state index in [1.54, 1.807) is 6.20 Å². The average Bonchev–Trinajstić information content (AvgIpc) is 3.79. The van der Waals surface area contributed by atoms with E-state index in [2.05, 4.69) is 52.2 Å². The first kappa shape index (κ1) is 66.6. The van der Waals surface area contributed by atoms with Gasteiger partial charge in [-0.2, -0.15) is 11.8 Å². The summed E-state index contributed by atoms with van der Waals surface area (Å²) in [4.78, 5) is 122. The number of aromatic nitrogens is 1. The van der Waals surface area contributed by atoms with E-state index in [1.165, 1.54) is 25.6 Å². The lowest BCUT2D eigenvalue weighted by Gasteiger charge is -2.28. The summed E-state index contributed by atoms with van der Waals surface area (Å²) in [5.74, 6) is -4.94. The van der Waals surface area contributed by atoms with E-state index in [4.69, 9.17) is 45.9 Å². The number of carbonyl (C=O) groups excluding carboxylic acids is 8. The number of aromatic amines is 1. The number of aliphatic imine (C=N–C) groups is 2. The number of unbranched alkanes of at least 4 members (excludes halogenated alkanes) is 3. The molecule has 0 saturated heterocycles. The van der Waals surface area contributed by atoms with Crippen LogP contribution in [0.4, 0.5) is 0 Å². The Morgan fingerprint density at radius 2 is 0.883 bits per heavy atom. The maximum atomic E-state index is 14.8. The van der Waals surface area contributed by atoms with E-state index in [0.717, 1.165) is 10.9 Å². The van der Waals surface area contributed by atoms with Gasteiger partial charge in [0.1, 0.15) is 36.3 Å². The molecule has 24 N–H and O–H groups in total. The molecule has 0 unspecified atom stereocenters. The van der Waals surface area contributed by atoms with E-state index in [1.807, 2.05) is 30.5 Å². The van der Waals surface area contributed by atoms with Crippen LogP contribution >= 0.6 is 11.8 Å². The van der Waals surface area contributed by atoms with Crippen LogP contribution in [0.5, 0.6) is 0 Å². The second kappa shape index (κ2) is 37.3. The van der Waals surface area contributed by atoms with E-state index in [-0.39, 0.29) is 88.7 Å². The smallest absolute Gasteiger partial charge is 0.243 e. The van der Waals surface area contributed by atoms with Crippen LogP contribution < -0.4 is 83.1 Å². The molecule has 0 radical (unpaired) electrons. The minimum absolute atomic E-state index is 0.0501. The number of carbonyl (C=O) groups is 8. The van der Waals surface area contributed by atoms with Crippen molar-refractivity contribution >= 4 is 81.7 Å². The van der Waals surface area contributed by atoms with Crippen molar-refractivity contribution in [3.63, 3.8) is 0 Å². The molecule has 1 aromatic carbocycles. The second-order valence-electron chi connectivity index (χ2n) is 18.9. The summed E-state index contributed by atoms with van der Waals surface area (Å²) in [6, 6.07) is -1.66. The Balaban J connectivity index is 2.55. The molecule has 7 amide bonds. The van der Waals surface area contributed by atoms with Crippen molar-refractivity contribution in [1.82, 2.24) is 42.2 Å². The van der Waals surface area contributed by atoms with Gasteiger partial charge < -0.3 is 88.1 Å². The summed E-state index contributed by atoms with van der Waals surface area (Å²) >= 11 is 1.41. The maximum absolute atomic E-state index is 14.8. The van der Waals surface area contributed by atoms with Crippen molar-refractivity contribution < 1.29 is 38.4 Å². The first-order valence-electron chi connectivity index (χ1n) is 26.4. The summed E-state index contributed by atoms with van der Waals surface area (Å²) in [5, 5.41) is 20.2. The fourth-order valence-electron chi connectivity index (χ4n) is 8.11. The number of hydrogen-bond acceptors (Lipinski definition) is 15. The molecule has 0 fully saturated rings. The summed E-state index contributed by atoms with van der Waals surface area (Å²) in [6.45, 7) is 4.12. The van der Waals surface area contributed by atoms with Gasteiger partial charge in [-0.3, -0.25) is 48.3 Å². The van der Waals surface area contributed by atoms with Gasteiger partial charge in [0.2, 0.25) is 41.4 Å². The van der Waals surface area contributed by atoms with Crippen molar-refractivity contribution in [2.45, 2.75) is 158 Å². The van der Waals surface area contributed by atoms with Gasteiger partial charge in [-0.15, -0.1) is 0 Å². The summed E-state index contributed by atoms with van der Waals surface area (Å²) in [6.07, 6.45) is 7.82. The average molecular weight is 1100 g/mol. The summed E-state index contributed by atoms with van der Waals surface area (Å²) in [5.41, 5.74) is 46.5. The number of fused-ring (bicyclic) bond motifs is 1. The number of benzene rings is 1. The standard InChI is InChI=1S/C50H88N18O8S/c1-30(54)42(70)63-36(16-6-9-22-51)44(72)64-38(18-8-11-24-53)46(74)68-41(28-32-29-61-35-15-5-4-14-33(32)35)48(76)66-37(17-7-10-23-52)45(73)67-40(21-27-77-3)47(75)65-39(20-13-26-60-50(57)58)43(71)62-34(31(2)69)19-12-25-59-49(55)56/h4-5,14-15,29-30,34,36-41,61H,6-13,16-28,51-54H2,1-3H3,(H,62,71)(H,63,70)(H,64,72)(H,65,75)(H,66,76)(H,67,73)(H,68,74)(H4,55,56,59)(H4,57,58,60)/t30-,34+,36+,37+,38+,39+,40+,41+/m0/s1. The molecule has 2 rings (SSSR count). The number of ketones is 1. The quantitative estimate of drug-likeness (QED) is 0.0183. The molecule has 27 heteroatoms. The van der Waals surface area contributed by atoms with Crippen LogP contribution in [0.3, 0.4) is 0 Å². The Morgan fingerprint density at radius 3 is 1.29 bits per heavy atom. The van der Waals surface area contributed by atoms with Crippen molar-refractivity contribution in [3.8, 4) is 0 Å². The highest BCUT2D eigenvalue weighted by Gasteiger charge is 2.34. The Hall–Kier alpha value is -6.55. The number of thioether (sulfide) groups is 1. The predicted octanol–water partition coefficient (Wildman–Crippen LogP) is -2.71. The first-order valence-corrected chi connectivity index (χ1v) is 27.8. The van der Waals surface area contributed by atoms with E-state index < -0.39 is 89.7 Å². The summed E-state index contributed by atoms with van der Waals surface area (Å²) in [7, 11) is 0. The molecule has 0 aliphatic rings. The number of hydrogen-bond donors (Lipinski definition) is 16. The molecule has 77 heavy (non-hydrogen) atoms. The largest absolute Gasteiger partial charge is 0.370 e. The zero-order valence-corrected chi connectivity index (χ0v) is 45.9. The molecule has 0 bridgehead atoms. The zero-order valence-electron chi connectivity index (χ0n) is 45.0. The molecule has 1 heterocycles. The fraction of sp³-hybridized carbons (Fsp3) is 0.640. The zero-order chi connectivity index (χ0) is 57.3. The molecule has 0 aliphatic carbocycles. The van der Waals surface area contributed by atoms with Crippen LogP contribution in [0, 0.1) is 0 Å². The van der Waals surface area contributed by atoms with E-state index in [9.17, 15) is 38.4 Å². The van der Waals surface area contributed by atoms with Crippen LogP contribution in [0.1, 0.15) is 109 Å². The fourth-order valence-corrected chi connectivity index (χ4v) is 8.58. The maximum Gasteiger partial charge on any atom is 0.243 e. The highest BCUT2D eigenvalue weighted by molar-refractivity contribution is 7.98. The normalized spacial score (nSPS) is 14.2. The number of rotatable bonds is 40. The van der Waals surface area contributed by atoms with E-state index >= 15 is 0 Å². The minimum Gasteiger partial charge on any atom is -0.370 e. The molecule has 0 saturated carbocycles. The lowest BCUT2D eigenvalue weighted by atomic mass is 10.0. The number of nitrogens with zero attached hydrogens (tertiary/aromatic N) is 2. The Bertz CT molecular complexity index is 2240. The van der Waals surface area contributed by atoms with Gasteiger partial charge in [0.05, 0.1) is 12.1 Å². The SMILES string of the molecule is CSCC[C@@H](NC(=O)[C@@H](CCCCN)NC(=O)[C@@H](Cc1c[nH]c2ccccc12)NC(=O)[C@@H](CCCCN)NC(=O)[C@@H](CCCCN)NC(=O)[C@H](C)N)C(=O)N[C@H](CCCN=C(N)N)C(=O)N[C@H](CCCN=C(N)N)C(C)=O. The molecule has 8 atom stereocenters. The van der Waals surface area contributed by atoms with Crippen LogP contribution in [0.15, 0.2) is 40.4 Å². The third kappa shape index (κ3) is 25.9. The van der Waals surface area contributed by atoms with Gasteiger partial charge in [0.15, 0.2) is 17.7 Å². The van der Waals surface area contributed by atoms with Crippen LogP contribution in [0.25, 0.3) is 10.9 Å². The van der Waals surface area contributed by atoms with Gasteiger partial charge in [-0.05, 0) is 147 Å². The highest BCUT2D eigenvalue weighted by atomic mass is 32.2. The number of guanidine groups is 2. The highest BCUT2D eigenvalue weighted by Crippen LogP contribution is 2.20. The monoisotopic (exact) mass is 1100 g/mol. The van der Waals surface area contributed by atoms with Crippen molar-refractivity contribution in [3.05, 3.63) is 36.0 Å². The summed E-state index contributed by atoms with van der Waals surface area (Å²) < 4.78 is 0. The molecule has 432 valence electrons. The van der Waals surface area contributed by atoms with Crippen LogP contribution in [0.2, 0.25) is 0 Å². The van der Waals surface area contributed by atoms with Crippen molar-refractivity contribution in [2.24, 2.45) is 55.9 Å². The molecule has 0 aliphatic heterocycles. The third-order valence-corrected chi connectivity index (χ3v) is 13.1. The van der Waals surface area contributed by atoms with E-state index in [0.29, 0.717) is 69.4 Å². The van der Waals surface area contributed by atoms with Gasteiger partial charge in [-0.25, -0.2) is 0 Å². The lowest BCUT2D eigenvalue weighted by molar-refractivity contribution is -0.136. The van der Waals surface area contributed by atoms with Crippen molar-refractivity contribution in [2.75, 3.05) is 44.7 Å². The number of nitrogens with two attached hydrogens (primary N) is 8. The van der Waals surface area contributed by atoms with Crippen LogP contribution in [-0.4, -0.2) is 157 Å². The molecular formula is C50H88N18O8S. The van der Waals surface area contributed by atoms with Gasteiger partial charge in [0, 0.05) is 36.6 Å². The third-order valence-electron chi connectivity index (χ3n) is 12.5. The first-order chi connectivity index (χ1) is 36.8. The molecule has 26 nitrogen and oxygen atoms in total. The Morgan fingerprint density at radius 1 is 0.519 bits per heavy atom. The minimum atomic E-state index is -1.32. The molecule has 0 spiro atoms. The number of amides is 7. The lowest BCUT2D eigenvalue weighted by Crippen LogP contribution is -2.60. The van der Waals surface area contributed by atoms with Gasteiger partial charge in [-0.1, -0.05) is 18.2 Å². The van der Waals surface area contributed by atoms with Crippen LogP contribution in [-0.2, 0) is 44.8 Å². The molecule has 1 aromatic heterocycles. The molecule has 2 aromatic rings. The van der Waals surface area contributed by atoms with Gasteiger partial charge in [0.25, 0.3) is 0 Å². The number of para-hydroxylation sites is 1. The van der Waals surface area contributed by atoms with Crippen molar-refractivity contribution in [1.29, 1.82) is 0 Å². The molecular weight excluding hydrogens is 1010 g/mol. The number of Topliss-reactive ketones (excluding diaryl/α,β-unsaturated/α-hetero) is 1. The Kier molecular flexibility index (Phi) is 32.2. The Labute approximate surface area is 455 Å². The second-order valence-corrected chi connectivity index (χ2v) is 19.9. The topological polar surface area (TPSA) is 469 Å². The predicted molar refractivity (Wildman–Crippen MR) is 301 cm³/mol. The van der Waals surface area contributed by atoms with Gasteiger partial charge >= 0.3 is 0 Å². The number of H-pyrrole nitrogens is 1.